The summed E-state index contributed by atoms with van der Waals surface area (Å²) in [6, 6.07) is 8.33. The smallest absolute Gasteiger partial charge is 0.105 e. The average Bonchev–Trinajstić information content (AvgIpc) is 2.70. The lowest BCUT2D eigenvalue weighted by atomic mass is 10.1. The van der Waals surface area contributed by atoms with E-state index in [4.69, 9.17) is 5.73 Å². The van der Waals surface area contributed by atoms with Crippen molar-refractivity contribution in [1.82, 2.24) is 5.32 Å². The van der Waals surface area contributed by atoms with Gasteiger partial charge < -0.3 is 5.73 Å². The molecule has 0 aliphatic carbocycles. The van der Waals surface area contributed by atoms with Crippen LogP contribution in [-0.2, 0) is 5.66 Å². The van der Waals surface area contributed by atoms with Crippen molar-refractivity contribution in [2.45, 2.75) is 12.6 Å². The van der Waals surface area contributed by atoms with Crippen LogP contribution in [-0.4, -0.2) is 6.54 Å². The normalized spacial score (nSPS) is 28.5. The zero-order valence-electron chi connectivity index (χ0n) is 6.59. The fourth-order valence-electron chi connectivity index (χ4n) is 1.15. The molecule has 3 N–H and O–H groups in total. The van der Waals surface area contributed by atoms with Crippen molar-refractivity contribution < 1.29 is 0 Å². The summed E-state index contributed by atoms with van der Waals surface area (Å²) in [6.07, 6.45) is 0. The summed E-state index contributed by atoms with van der Waals surface area (Å²) in [5.41, 5.74) is 8.15. The minimum absolute atomic E-state index is 0.215. The van der Waals surface area contributed by atoms with Crippen LogP contribution in [0.5, 0.6) is 0 Å². The average molecular weight is 148 g/mol. The topological polar surface area (TPSA) is 48.0 Å². The first-order valence-corrected chi connectivity index (χ1v) is 3.82. The summed E-state index contributed by atoms with van der Waals surface area (Å²) in [5.74, 6) is 0. The van der Waals surface area contributed by atoms with Gasteiger partial charge in [-0.3, -0.25) is 5.32 Å². The van der Waals surface area contributed by atoms with E-state index in [-0.39, 0.29) is 5.66 Å². The zero-order chi connectivity index (χ0) is 7.90. The van der Waals surface area contributed by atoms with Crippen LogP contribution in [0.4, 0.5) is 0 Å². The van der Waals surface area contributed by atoms with Gasteiger partial charge in [-0.2, -0.15) is 0 Å². The van der Waals surface area contributed by atoms with E-state index in [0.29, 0.717) is 0 Å². The fourth-order valence-corrected chi connectivity index (χ4v) is 1.15. The molecular weight excluding hydrogens is 136 g/mol. The Hall–Kier alpha value is -0.860. The summed E-state index contributed by atoms with van der Waals surface area (Å²) < 4.78 is 0. The van der Waals surface area contributed by atoms with Crippen LogP contribution in [0, 0.1) is 6.92 Å². The molecule has 2 heteroatoms. The van der Waals surface area contributed by atoms with E-state index in [1.54, 1.807) is 0 Å². The molecule has 1 saturated heterocycles. The van der Waals surface area contributed by atoms with Gasteiger partial charge in [0.15, 0.2) is 0 Å². The Morgan fingerprint density at radius 3 is 2.36 bits per heavy atom. The number of hydrogen-bond donors (Lipinski definition) is 2. The van der Waals surface area contributed by atoms with Crippen molar-refractivity contribution in [2.75, 3.05) is 6.54 Å². The monoisotopic (exact) mass is 148 g/mol. The largest absolute Gasteiger partial charge is 0.308 e. The molecule has 0 saturated carbocycles. The third-order valence-corrected chi connectivity index (χ3v) is 2.12. The predicted octanol–water partition coefficient (Wildman–Crippen LogP) is 0.710. The zero-order valence-corrected chi connectivity index (χ0v) is 6.59. The second kappa shape index (κ2) is 2.06. The Labute approximate surface area is 66.4 Å². The minimum atomic E-state index is -0.215. The maximum Gasteiger partial charge on any atom is 0.105 e. The highest BCUT2D eigenvalue weighted by Gasteiger charge is 2.38. The quantitative estimate of drug-likeness (QED) is 0.576. The number of hydrogen-bond acceptors (Lipinski definition) is 2. The second-order valence-corrected chi connectivity index (χ2v) is 3.19. The molecular formula is C9H12N2. The van der Waals surface area contributed by atoms with Crippen LogP contribution in [0.1, 0.15) is 11.1 Å². The van der Waals surface area contributed by atoms with Gasteiger partial charge in [0.25, 0.3) is 0 Å². The molecule has 1 aliphatic heterocycles. The lowest BCUT2D eigenvalue weighted by Gasteiger charge is -2.06. The van der Waals surface area contributed by atoms with Crippen molar-refractivity contribution in [3.05, 3.63) is 35.4 Å². The van der Waals surface area contributed by atoms with E-state index in [9.17, 15) is 0 Å². The Balaban J connectivity index is 2.33. The Morgan fingerprint density at radius 1 is 1.36 bits per heavy atom. The maximum atomic E-state index is 5.91. The molecule has 1 fully saturated rings. The maximum absolute atomic E-state index is 5.91. The molecule has 0 aromatic heterocycles. The van der Waals surface area contributed by atoms with Crippen LogP contribution in [0.3, 0.4) is 0 Å². The highest BCUT2D eigenvalue weighted by Crippen LogP contribution is 2.23. The summed E-state index contributed by atoms with van der Waals surface area (Å²) >= 11 is 0. The molecule has 0 spiro atoms. The molecule has 1 aromatic carbocycles. The van der Waals surface area contributed by atoms with Crippen LogP contribution in [0.25, 0.3) is 0 Å². The molecule has 1 atom stereocenters. The molecule has 11 heavy (non-hydrogen) atoms. The van der Waals surface area contributed by atoms with Crippen molar-refractivity contribution >= 4 is 0 Å². The van der Waals surface area contributed by atoms with Crippen molar-refractivity contribution in [1.29, 1.82) is 0 Å². The van der Waals surface area contributed by atoms with Crippen LogP contribution < -0.4 is 11.1 Å². The van der Waals surface area contributed by atoms with Gasteiger partial charge in [0.1, 0.15) is 5.66 Å². The van der Waals surface area contributed by atoms with Gasteiger partial charge in [-0.15, -0.1) is 0 Å². The fraction of sp³-hybridized carbons (Fsp3) is 0.333. The molecule has 1 unspecified atom stereocenters. The number of benzene rings is 1. The molecule has 2 rings (SSSR count). The molecule has 58 valence electrons. The predicted molar refractivity (Wildman–Crippen MR) is 45.0 cm³/mol. The molecule has 1 aromatic rings. The SMILES string of the molecule is Cc1ccc(C2(N)CN2)cc1. The highest BCUT2D eigenvalue weighted by molar-refractivity contribution is 5.31. The van der Waals surface area contributed by atoms with E-state index in [1.165, 1.54) is 11.1 Å². The van der Waals surface area contributed by atoms with Gasteiger partial charge in [-0.05, 0) is 12.5 Å². The number of nitrogens with one attached hydrogen (secondary N) is 1. The van der Waals surface area contributed by atoms with E-state index >= 15 is 0 Å². The molecule has 2 nitrogen and oxygen atoms in total. The summed E-state index contributed by atoms with van der Waals surface area (Å²) in [4.78, 5) is 0. The third-order valence-electron chi connectivity index (χ3n) is 2.12. The van der Waals surface area contributed by atoms with Crippen LogP contribution in [0.15, 0.2) is 24.3 Å². The molecule has 1 aliphatic rings. The van der Waals surface area contributed by atoms with E-state index in [2.05, 4.69) is 36.5 Å². The van der Waals surface area contributed by atoms with Crippen LogP contribution in [0.2, 0.25) is 0 Å². The standard InChI is InChI=1S/C9H12N2/c1-7-2-4-8(5-3-7)9(10)6-11-9/h2-5,11H,6,10H2,1H3. The third kappa shape index (κ3) is 1.15. The van der Waals surface area contributed by atoms with E-state index < -0.39 is 0 Å². The summed E-state index contributed by atoms with van der Waals surface area (Å²) in [6.45, 7) is 2.98. The van der Waals surface area contributed by atoms with Crippen molar-refractivity contribution in [3.8, 4) is 0 Å². The van der Waals surface area contributed by atoms with E-state index in [0.717, 1.165) is 6.54 Å². The molecule has 0 bridgehead atoms. The minimum Gasteiger partial charge on any atom is -0.308 e. The first kappa shape index (κ1) is 6.83. The number of nitrogens with two attached hydrogens (primary N) is 1. The summed E-state index contributed by atoms with van der Waals surface area (Å²) in [7, 11) is 0. The van der Waals surface area contributed by atoms with Gasteiger partial charge >= 0.3 is 0 Å². The lowest BCUT2D eigenvalue weighted by Crippen LogP contribution is -2.24. The highest BCUT2D eigenvalue weighted by atomic mass is 15.3. The number of aryl methyl sites for hydroxylation is 1. The van der Waals surface area contributed by atoms with Crippen molar-refractivity contribution in [3.63, 3.8) is 0 Å². The second-order valence-electron chi connectivity index (χ2n) is 3.19. The first-order chi connectivity index (χ1) is 5.21. The Kier molecular flexibility index (Phi) is 1.28. The Bertz CT molecular complexity index is 259. The van der Waals surface area contributed by atoms with Crippen molar-refractivity contribution in [2.24, 2.45) is 5.73 Å². The number of rotatable bonds is 1. The van der Waals surface area contributed by atoms with Gasteiger partial charge in [-0.25, -0.2) is 0 Å². The Morgan fingerprint density at radius 2 is 1.91 bits per heavy atom. The van der Waals surface area contributed by atoms with E-state index in [1.807, 2.05) is 0 Å². The van der Waals surface area contributed by atoms with Gasteiger partial charge in [-0.1, -0.05) is 29.8 Å². The van der Waals surface area contributed by atoms with Crippen LogP contribution >= 0.6 is 0 Å². The van der Waals surface area contributed by atoms with Gasteiger partial charge in [0, 0.05) is 6.54 Å². The first-order valence-electron chi connectivity index (χ1n) is 3.82. The summed E-state index contributed by atoms with van der Waals surface area (Å²) in [5, 5.41) is 3.12. The van der Waals surface area contributed by atoms with Gasteiger partial charge in [0.2, 0.25) is 0 Å². The molecule has 0 amide bonds. The van der Waals surface area contributed by atoms with Gasteiger partial charge in [0.05, 0.1) is 0 Å². The lowest BCUT2D eigenvalue weighted by molar-refractivity contribution is 0.718. The molecule has 1 heterocycles. The molecule has 0 radical (unpaired) electrons.